The molecule has 244 valence electrons. The van der Waals surface area contributed by atoms with E-state index in [1.165, 1.54) is 19.2 Å². The molecule has 0 bridgehead atoms. The fourth-order valence-corrected chi connectivity index (χ4v) is 7.21. The molecule has 1 aromatic heterocycles. The van der Waals surface area contributed by atoms with Gasteiger partial charge in [0, 0.05) is 9.81 Å². The lowest BCUT2D eigenvalue weighted by molar-refractivity contribution is -0.179. The maximum absolute atomic E-state index is 13.6. The van der Waals surface area contributed by atoms with Gasteiger partial charge in [0.25, 0.3) is 11.8 Å². The normalized spacial score (nSPS) is 20.5. The van der Waals surface area contributed by atoms with E-state index in [0.29, 0.717) is 5.57 Å². The van der Waals surface area contributed by atoms with Crippen LogP contribution in [0, 0.1) is 0 Å². The monoisotopic (exact) mass is 777 g/mol. The SMILES string of the molecule is [B]OC(=O)C1=C(CI)CS(=O)[C@@H]2[C@H](NC(=O)/C(=N\OC(C)(C)C(=O)OC(C)(C)C)c3csc(NC(=O)OC(C)(C)C)n3)C(=O)N12. The predicted octanol–water partition coefficient (Wildman–Crippen LogP) is 2.06. The summed E-state index contributed by atoms with van der Waals surface area (Å²) in [5, 5.41) is 9.19. The van der Waals surface area contributed by atoms with Gasteiger partial charge in [-0.05, 0) is 61.0 Å². The molecular weight excluding hydrogens is 744 g/mol. The number of carbonyl (C=O) groups is 5. The molecule has 19 heteroatoms. The largest absolute Gasteiger partial charge is 0.539 e. The second-order valence-electron chi connectivity index (χ2n) is 12.3. The molecule has 2 aliphatic heterocycles. The Hall–Kier alpha value is -3.07. The summed E-state index contributed by atoms with van der Waals surface area (Å²) in [7, 11) is 3.37. The number of halogens is 1. The number of anilines is 1. The van der Waals surface area contributed by atoms with E-state index in [-0.39, 0.29) is 26.7 Å². The number of esters is 1. The van der Waals surface area contributed by atoms with E-state index >= 15 is 0 Å². The molecule has 2 N–H and O–H groups in total. The van der Waals surface area contributed by atoms with E-state index in [1.54, 1.807) is 41.5 Å². The number of ether oxygens (including phenoxy) is 2. The van der Waals surface area contributed by atoms with E-state index in [4.69, 9.17) is 22.4 Å². The van der Waals surface area contributed by atoms with Crippen LogP contribution in [-0.2, 0) is 48.9 Å². The van der Waals surface area contributed by atoms with Crippen LogP contribution in [-0.4, -0.2) is 96.1 Å². The van der Waals surface area contributed by atoms with E-state index in [2.05, 4.69) is 25.4 Å². The summed E-state index contributed by atoms with van der Waals surface area (Å²) < 4.78 is 28.3. The van der Waals surface area contributed by atoms with Crippen LogP contribution < -0.4 is 10.6 Å². The molecule has 1 saturated heterocycles. The Labute approximate surface area is 281 Å². The summed E-state index contributed by atoms with van der Waals surface area (Å²) in [5.74, 6) is -3.51. The van der Waals surface area contributed by atoms with Crippen LogP contribution in [0.15, 0.2) is 21.8 Å². The third-order valence-electron chi connectivity index (χ3n) is 5.78. The highest BCUT2D eigenvalue weighted by molar-refractivity contribution is 14.1. The summed E-state index contributed by atoms with van der Waals surface area (Å²) in [5.41, 5.74) is -3.57. The molecule has 3 amide bonds. The number of alkyl halides is 1. The molecule has 1 unspecified atom stereocenters. The number of nitrogens with one attached hydrogen (secondary N) is 2. The quantitative estimate of drug-likeness (QED) is 0.0710. The zero-order chi connectivity index (χ0) is 34.1. The van der Waals surface area contributed by atoms with Crippen molar-refractivity contribution in [1.82, 2.24) is 15.2 Å². The van der Waals surface area contributed by atoms with Gasteiger partial charge in [0.05, 0.1) is 16.6 Å². The topological polar surface area (TPSA) is 192 Å². The number of oxime groups is 1. The lowest BCUT2D eigenvalue weighted by Crippen LogP contribution is -2.74. The van der Waals surface area contributed by atoms with Crippen molar-refractivity contribution >= 4 is 93.5 Å². The highest BCUT2D eigenvalue weighted by atomic mass is 127. The van der Waals surface area contributed by atoms with Gasteiger partial charge in [0.2, 0.25) is 5.60 Å². The first-order valence-electron chi connectivity index (χ1n) is 13.3. The molecule has 15 nitrogen and oxygen atoms in total. The van der Waals surface area contributed by atoms with Gasteiger partial charge in [-0.25, -0.2) is 19.4 Å². The van der Waals surface area contributed by atoms with Gasteiger partial charge in [-0.1, -0.05) is 27.7 Å². The zero-order valence-electron chi connectivity index (χ0n) is 25.8. The number of rotatable bonds is 9. The average Bonchev–Trinajstić information content (AvgIpc) is 3.36. The first kappa shape index (κ1) is 36.4. The number of hydrogen-bond acceptors (Lipinski definition) is 13. The molecule has 3 atom stereocenters. The smallest absolute Gasteiger partial charge is 0.413 e. The molecule has 3 rings (SSSR count). The third-order valence-corrected chi connectivity index (χ3v) is 9.11. The summed E-state index contributed by atoms with van der Waals surface area (Å²) in [6, 6.07) is -1.32. The fraction of sp³-hybridized carbons (Fsp3) is 0.577. The van der Waals surface area contributed by atoms with Crippen molar-refractivity contribution in [1.29, 1.82) is 0 Å². The Kier molecular flexibility index (Phi) is 11.1. The minimum atomic E-state index is -1.70. The minimum absolute atomic E-state index is 0.0475. The van der Waals surface area contributed by atoms with Crippen molar-refractivity contribution in [3.05, 3.63) is 22.3 Å². The zero-order valence-corrected chi connectivity index (χ0v) is 29.6. The number of amides is 3. The Morgan fingerprint density at radius 1 is 1.13 bits per heavy atom. The highest BCUT2D eigenvalue weighted by Gasteiger charge is 2.57. The first-order valence-corrected chi connectivity index (χ1v) is 17.1. The van der Waals surface area contributed by atoms with Gasteiger partial charge < -0.3 is 24.3 Å². The van der Waals surface area contributed by atoms with Crippen LogP contribution in [0.1, 0.15) is 61.1 Å². The Balaban J connectivity index is 1.92. The Morgan fingerprint density at radius 3 is 2.31 bits per heavy atom. The number of β-lactam (4-membered cyclic amide) rings is 1. The van der Waals surface area contributed by atoms with Crippen molar-refractivity contribution in [2.24, 2.45) is 5.16 Å². The molecular formula is C26H33BIN5O10S2. The molecule has 0 aromatic carbocycles. The summed E-state index contributed by atoms with van der Waals surface area (Å²) in [6.45, 7) is 12.8. The molecule has 45 heavy (non-hydrogen) atoms. The van der Waals surface area contributed by atoms with Gasteiger partial charge in [-0.3, -0.25) is 24.0 Å². The van der Waals surface area contributed by atoms with Crippen molar-refractivity contribution in [2.75, 3.05) is 15.5 Å². The third kappa shape index (κ3) is 8.81. The van der Waals surface area contributed by atoms with Crippen molar-refractivity contribution in [3.8, 4) is 0 Å². The Morgan fingerprint density at radius 2 is 1.76 bits per heavy atom. The minimum Gasteiger partial charge on any atom is -0.539 e. The van der Waals surface area contributed by atoms with Crippen molar-refractivity contribution in [2.45, 2.75) is 83.6 Å². The molecule has 2 aliphatic rings. The number of aromatic nitrogens is 1. The Bertz CT molecular complexity index is 1480. The van der Waals surface area contributed by atoms with Crippen LogP contribution in [0.3, 0.4) is 0 Å². The lowest BCUT2D eigenvalue weighted by atomic mass is 10.0. The fourth-order valence-electron chi connectivity index (χ4n) is 3.84. The molecule has 1 aromatic rings. The van der Waals surface area contributed by atoms with Gasteiger partial charge in [-0.2, -0.15) is 0 Å². The van der Waals surface area contributed by atoms with Crippen molar-refractivity contribution < 1.29 is 47.1 Å². The molecule has 3 heterocycles. The number of nitrogens with zero attached hydrogens (tertiary/aromatic N) is 3. The average molecular weight is 777 g/mol. The summed E-state index contributed by atoms with van der Waals surface area (Å²) >= 11 is 2.90. The molecule has 0 spiro atoms. The van der Waals surface area contributed by atoms with Crippen LogP contribution >= 0.6 is 33.9 Å². The van der Waals surface area contributed by atoms with E-state index in [0.717, 1.165) is 16.2 Å². The standard InChI is InChI=1S/C26H33BIN5O10S2/c1-24(2,3)40-21(37)26(7,8)43-32-14(13-10-44-22(29-13)31-23(38)41-25(4,5)6)17(34)30-15-18(35)33-16(20(36)42-27)12(9-28)11-45(39)19(15)33/h10,15,19H,9,11H2,1-8H3,(H,30,34)(H,29,31,38)/b32-14-/t15-,19-,45?/m1/s1. The van der Waals surface area contributed by atoms with Gasteiger partial charge in [-0.15, -0.1) is 11.3 Å². The van der Waals surface area contributed by atoms with E-state index in [1.807, 2.05) is 22.6 Å². The second kappa shape index (κ2) is 13.7. The highest BCUT2D eigenvalue weighted by Crippen LogP contribution is 2.36. The van der Waals surface area contributed by atoms with Crippen LogP contribution in [0.2, 0.25) is 0 Å². The maximum atomic E-state index is 13.6. The number of carbonyl (C=O) groups excluding carboxylic acids is 5. The maximum Gasteiger partial charge on any atom is 0.413 e. The van der Waals surface area contributed by atoms with Crippen molar-refractivity contribution in [3.63, 3.8) is 0 Å². The van der Waals surface area contributed by atoms with Gasteiger partial charge >= 0.3 is 26.1 Å². The predicted molar refractivity (Wildman–Crippen MR) is 173 cm³/mol. The van der Waals surface area contributed by atoms with Crippen LogP contribution in [0.4, 0.5) is 9.93 Å². The van der Waals surface area contributed by atoms with Gasteiger partial charge in [0.1, 0.15) is 34.0 Å². The second-order valence-corrected chi connectivity index (χ2v) is 15.4. The first-order chi connectivity index (χ1) is 20.7. The van der Waals surface area contributed by atoms with Gasteiger partial charge in [0.15, 0.2) is 10.8 Å². The number of thiazole rings is 1. The van der Waals surface area contributed by atoms with Crippen LogP contribution in [0.25, 0.3) is 0 Å². The number of hydrogen-bond donors (Lipinski definition) is 2. The number of fused-ring (bicyclic) bond motifs is 1. The van der Waals surface area contributed by atoms with E-state index < -0.39 is 74.6 Å². The molecule has 2 radical (unpaired) electrons. The van der Waals surface area contributed by atoms with E-state index in [9.17, 15) is 28.2 Å². The van der Waals surface area contributed by atoms with Crippen LogP contribution in [0.5, 0.6) is 0 Å². The summed E-state index contributed by atoms with van der Waals surface area (Å²) in [6.07, 6.45) is -0.792. The lowest BCUT2D eigenvalue weighted by Gasteiger charge is -2.49. The summed E-state index contributed by atoms with van der Waals surface area (Å²) in [4.78, 5) is 74.9. The molecule has 1 fully saturated rings. The molecule has 0 saturated carbocycles. The molecule has 0 aliphatic carbocycles.